The molecular formula is C25H34N2. The van der Waals surface area contributed by atoms with E-state index in [1.54, 1.807) is 6.08 Å². The van der Waals surface area contributed by atoms with Crippen molar-refractivity contribution in [3.63, 3.8) is 0 Å². The van der Waals surface area contributed by atoms with Gasteiger partial charge in [-0.1, -0.05) is 59.1 Å². The van der Waals surface area contributed by atoms with Crippen LogP contribution in [0.4, 0.5) is 11.4 Å². The first-order valence-electron chi connectivity index (χ1n) is 9.47. The van der Waals surface area contributed by atoms with Gasteiger partial charge in [-0.05, 0) is 72.9 Å². The Labute approximate surface area is 165 Å². The predicted octanol–water partition coefficient (Wildman–Crippen LogP) is 7.61. The monoisotopic (exact) mass is 362 g/mol. The maximum absolute atomic E-state index is 4.20. The van der Waals surface area contributed by atoms with Gasteiger partial charge < -0.3 is 10.6 Å². The van der Waals surface area contributed by atoms with Gasteiger partial charge in [0, 0.05) is 22.8 Å². The maximum atomic E-state index is 4.20. The first kappa shape index (κ1) is 22.3. The number of allylic oxidation sites excluding steroid dienone is 8. The van der Waals surface area contributed by atoms with E-state index in [0.717, 1.165) is 34.8 Å². The Bertz CT molecular complexity index is 736. The van der Waals surface area contributed by atoms with Gasteiger partial charge in [0.05, 0.1) is 0 Å². The molecule has 0 bridgehead atoms. The van der Waals surface area contributed by atoms with Crippen LogP contribution >= 0.6 is 0 Å². The Morgan fingerprint density at radius 1 is 1.00 bits per heavy atom. The van der Waals surface area contributed by atoms with Crippen LogP contribution in [-0.2, 0) is 0 Å². The van der Waals surface area contributed by atoms with Crippen LogP contribution < -0.4 is 10.6 Å². The summed E-state index contributed by atoms with van der Waals surface area (Å²) in [6, 6.07) is 8.25. The lowest BCUT2D eigenvalue weighted by Gasteiger charge is -2.20. The van der Waals surface area contributed by atoms with Gasteiger partial charge in [-0.15, -0.1) is 0 Å². The summed E-state index contributed by atoms with van der Waals surface area (Å²) in [4.78, 5) is 0. The molecule has 0 unspecified atom stereocenters. The van der Waals surface area contributed by atoms with E-state index in [1.807, 2.05) is 19.1 Å². The molecule has 0 atom stereocenters. The molecule has 0 saturated heterocycles. The SMILES string of the molecule is C=C/C=C(\C=C/CC)Nc1ccc(NC(/C=C\C)=C/C(=C)C(C)(C)C)cc1. The molecule has 1 rings (SSSR count). The summed E-state index contributed by atoms with van der Waals surface area (Å²) in [6.45, 7) is 18.6. The standard InChI is InChI=1S/C25H34N2/c1-8-11-14-21(12-9-2)26-22-15-17-23(18-16-22)27-24(13-10-3)19-20(4)25(5,6)7/h9-19,26-27H,2,4,8H2,1,3,5-7H3/b13-10-,14-11-,21-12+,24-19+. The molecule has 0 aliphatic rings. The fraction of sp³-hybridized carbons (Fsp3) is 0.280. The van der Waals surface area contributed by atoms with Crippen LogP contribution in [0.25, 0.3) is 0 Å². The van der Waals surface area contributed by atoms with Crippen LogP contribution in [0.2, 0.25) is 0 Å². The molecule has 0 fully saturated rings. The van der Waals surface area contributed by atoms with Crippen LogP contribution in [0.1, 0.15) is 41.0 Å². The Morgan fingerprint density at radius 2 is 1.56 bits per heavy atom. The van der Waals surface area contributed by atoms with Gasteiger partial charge in [0.15, 0.2) is 0 Å². The second-order valence-corrected chi connectivity index (χ2v) is 7.37. The minimum absolute atomic E-state index is 0.0438. The van der Waals surface area contributed by atoms with Crippen molar-refractivity contribution in [2.24, 2.45) is 5.41 Å². The molecule has 0 spiro atoms. The largest absolute Gasteiger partial charge is 0.356 e. The average Bonchev–Trinajstić information content (AvgIpc) is 2.61. The summed E-state index contributed by atoms with van der Waals surface area (Å²) in [7, 11) is 0. The second kappa shape index (κ2) is 11.1. The first-order chi connectivity index (χ1) is 12.8. The Morgan fingerprint density at radius 3 is 2.00 bits per heavy atom. The molecular weight excluding hydrogens is 328 g/mol. The highest BCUT2D eigenvalue weighted by Gasteiger charge is 2.13. The van der Waals surface area contributed by atoms with E-state index < -0.39 is 0 Å². The summed E-state index contributed by atoms with van der Waals surface area (Å²) < 4.78 is 0. The highest BCUT2D eigenvalue weighted by atomic mass is 14.9. The summed E-state index contributed by atoms with van der Waals surface area (Å²) in [5.41, 5.74) is 5.24. The molecule has 2 N–H and O–H groups in total. The number of anilines is 2. The molecule has 0 aliphatic carbocycles. The molecule has 144 valence electrons. The van der Waals surface area contributed by atoms with Crippen molar-refractivity contribution in [3.05, 3.63) is 96.9 Å². The van der Waals surface area contributed by atoms with E-state index in [4.69, 9.17) is 0 Å². The van der Waals surface area contributed by atoms with Gasteiger partial charge in [0.2, 0.25) is 0 Å². The van der Waals surface area contributed by atoms with Crippen molar-refractivity contribution in [1.82, 2.24) is 0 Å². The minimum atomic E-state index is 0.0438. The smallest absolute Gasteiger partial charge is 0.0385 e. The fourth-order valence-electron chi connectivity index (χ4n) is 2.19. The third kappa shape index (κ3) is 8.46. The van der Waals surface area contributed by atoms with E-state index in [1.165, 1.54) is 0 Å². The molecule has 0 radical (unpaired) electrons. The summed E-state index contributed by atoms with van der Waals surface area (Å²) in [5.74, 6) is 0. The molecule has 1 aromatic carbocycles. The van der Waals surface area contributed by atoms with Gasteiger partial charge in [0.25, 0.3) is 0 Å². The summed E-state index contributed by atoms with van der Waals surface area (Å²) >= 11 is 0. The van der Waals surface area contributed by atoms with Gasteiger partial charge in [-0.25, -0.2) is 0 Å². The third-order valence-corrected chi connectivity index (χ3v) is 3.93. The summed E-state index contributed by atoms with van der Waals surface area (Å²) in [6.07, 6.45) is 15.1. The molecule has 0 amide bonds. The van der Waals surface area contributed by atoms with E-state index in [9.17, 15) is 0 Å². The Hall–Kier alpha value is -2.74. The number of hydrogen-bond acceptors (Lipinski definition) is 2. The lowest BCUT2D eigenvalue weighted by molar-refractivity contribution is 0.518. The zero-order valence-corrected chi connectivity index (χ0v) is 17.5. The minimum Gasteiger partial charge on any atom is -0.356 e. The van der Waals surface area contributed by atoms with Crippen molar-refractivity contribution in [3.8, 4) is 0 Å². The highest BCUT2D eigenvalue weighted by Crippen LogP contribution is 2.26. The summed E-state index contributed by atoms with van der Waals surface area (Å²) in [5, 5.41) is 6.87. The molecule has 0 aromatic heterocycles. The van der Waals surface area contributed by atoms with Gasteiger partial charge in [-0.3, -0.25) is 0 Å². The van der Waals surface area contributed by atoms with Crippen molar-refractivity contribution in [2.75, 3.05) is 10.6 Å². The zero-order valence-electron chi connectivity index (χ0n) is 17.5. The first-order valence-corrected chi connectivity index (χ1v) is 9.47. The fourth-order valence-corrected chi connectivity index (χ4v) is 2.19. The van der Waals surface area contributed by atoms with Gasteiger partial charge in [0.1, 0.15) is 0 Å². The number of nitrogens with one attached hydrogen (secondary N) is 2. The highest BCUT2D eigenvalue weighted by molar-refractivity contribution is 5.60. The maximum Gasteiger partial charge on any atom is 0.0385 e. The molecule has 1 aromatic rings. The topological polar surface area (TPSA) is 24.1 Å². The Balaban J connectivity index is 2.92. The molecule has 2 nitrogen and oxygen atoms in total. The van der Waals surface area contributed by atoms with Crippen molar-refractivity contribution in [1.29, 1.82) is 0 Å². The van der Waals surface area contributed by atoms with E-state index in [-0.39, 0.29) is 5.41 Å². The molecule has 27 heavy (non-hydrogen) atoms. The zero-order chi connectivity index (χ0) is 20.3. The van der Waals surface area contributed by atoms with Crippen LogP contribution in [0.15, 0.2) is 96.9 Å². The number of hydrogen-bond donors (Lipinski definition) is 2. The molecule has 0 aliphatic heterocycles. The molecule has 2 heteroatoms. The predicted molar refractivity (Wildman–Crippen MR) is 123 cm³/mol. The van der Waals surface area contributed by atoms with E-state index in [2.05, 4.69) is 100 Å². The van der Waals surface area contributed by atoms with Crippen LogP contribution in [0.5, 0.6) is 0 Å². The van der Waals surface area contributed by atoms with Crippen molar-refractivity contribution < 1.29 is 0 Å². The normalized spacial score (nSPS) is 13.2. The van der Waals surface area contributed by atoms with Crippen LogP contribution in [0, 0.1) is 5.41 Å². The number of rotatable bonds is 9. The lowest BCUT2D eigenvalue weighted by atomic mass is 9.87. The lowest BCUT2D eigenvalue weighted by Crippen LogP contribution is -2.08. The van der Waals surface area contributed by atoms with Gasteiger partial charge in [-0.2, -0.15) is 0 Å². The Kier molecular flexibility index (Phi) is 9.15. The second-order valence-electron chi connectivity index (χ2n) is 7.37. The third-order valence-electron chi connectivity index (χ3n) is 3.93. The number of benzene rings is 1. The van der Waals surface area contributed by atoms with E-state index >= 15 is 0 Å². The quantitative estimate of drug-likeness (QED) is 0.442. The molecule has 0 heterocycles. The van der Waals surface area contributed by atoms with E-state index in [0.29, 0.717) is 0 Å². The van der Waals surface area contributed by atoms with Crippen molar-refractivity contribution in [2.45, 2.75) is 41.0 Å². The van der Waals surface area contributed by atoms with Crippen molar-refractivity contribution >= 4 is 11.4 Å². The van der Waals surface area contributed by atoms with Crippen LogP contribution in [-0.4, -0.2) is 0 Å². The van der Waals surface area contributed by atoms with Gasteiger partial charge >= 0.3 is 0 Å². The average molecular weight is 363 g/mol. The van der Waals surface area contributed by atoms with Crippen LogP contribution in [0.3, 0.4) is 0 Å². The molecule has 0 saturated carbocycles.